The Labute approximate surface area is 228 Å². The van der Waals surface area contributed by atoms with Crippen molar-refractivity contribution in [1.82, 2.24) is 29.7 Å². The van der Waals surface area contributed by atoms with Crippen LogP contribution in [0.1, 0.15) is 29.4 Å². The quantitative estimate of drug-likeness (QED) is 0.317. The van der Waals surface area contributed by atoms with Gasteiger partial charge in [-0.1, -0.05) is 23.2 Å². The Morgan fingerprint density at radius 2 is 1.79 bits per heavy atom. The fourth-order valence-corrected chi connectivity index (χ4v) is 4.11. The summed E-state index contributed by atoms with van der Waals surface area (Å²) in [5.74, 6) is -0.380. The molecule has 0 bridgehead atoms. The summed E-state index contributed by atoms with van der Waals surface area (Å²) in [7, 11) is 1.68. The monoisotopic (exact) mass is 565 g/mol. The first-order valence-corrected chi connectivity index (χ1v) is 12.5. The van der Waals surface area contributed by atoms with E-state index in [4.69, 9.17) is 27.9 Å². The molecule has 2 aromatic heterocycles. The highest BCUT2D eigenvalue weighted by Gasteiger charge is 2.16. The van der Waals surface area contributed by atoms with Crippen LogP contribution in [0.5, 0.6) is 5.75 Å². The molecule has 0 aliphatic rings. The number of benzene rings is 1. The molecular weight excluding hydrogens is 537 g/mol. The summed E-state index contributed by atoms with van der Waals surface area (Å²) >= 11 is 12.3. The second-order valence-corrected chi connectivity index (χ2v) is 9.21. The van der Waals surface area contributed by atoms with Crippen molar-refractivity contribution in [3.05, 3.63) is 77.8 Å². The summed E-state index contributed by atoms with van der Waals surface area (Å²) in [6.45, 7) is 5.19. The SMILES string of the molecule is CCNC(=O)COc1ccc(Cl)cc1CNC(=O)Cn1c(C)cc(=O)n(NCc2c(C)nn(C)c2Cl)c1=O. The standard InChI is InChI=1S/C24H29Cl2N7O5/c1-5-27-21(35)13-38-19-7-6-17(25)9-16(19)10-28-20(34)12-32-14(2)8-22(36)33(24(32)37)29-11-18-15(3)30-31(4)23(18)26/h6-9,29H,5,10-13H2,1-4H3,(H,27,35)(H,28,34). The highest BCUT2D eigenvalue weighted by Crippen LogP contribution is 2.23. The minimum Gasteiger partial charge on any atom is -0.483 e. The third-order valence-electron chi connectivity index (χ3n) is 5.62. The number of likely N-dealkylation sites (N-methyl/N-ethyl adjacent to an activating group) is 1. The molecule has 0 fully saturated rings. The van der Waals surface area contributed by atoms with Crippen LogP contribution in [-0.4, -0.2) is 44.0 Å². The van der Waals surface area contributed by atoms with Crippen LogP contribution in [0.25, 0.3) is 0 Å². The highest BCUT2D eigenvalue weighted by atomic mass is 35.5. The maximum absolute atomic E-state index is 13.1. The fraction of sp³-hybridized carbons (Fsp3) is 0.375. The number of carbonyl (C=O) groups is 2. The maximum Gasteiger partial charge on any atom is 0.350 e. The normalized spacial score (nSPS) is 10.8. The van der Waals surface area contributed by atoms with Gasteiger partial charge in [0.1, 0.15) is 17.4 Å². The Kier molecular flexibility index (Phi) is 9.59. The molecule has 0 saturated carbocycles. The molecule has 0 aliphatic heterocycles. The van der Waals surface area contributed by atoms with Crippen LogP contribution in [0.4, 0.5) is 0 Å². The molecule has 204 valence electrons. The first-order chi connectivity index (χ1) is 18.0. The molecular formula is C24H29Cl2N7O5. The molecule has 12 nitrogen and oxygen atoms in total. The van der Waals surface area contributed by atoms with E-state index in [0.717, 1.165) is 4.68 Å². The number of halogens is 2. The Morgan fingerprint density at radius 1 is 1.05 bits per heavy atom. The zero-order valence-electron chi connectivity index (χ0n) is 21.4. The molecule has 3 rings (SSSR count). The lowest BCUT2D eigenvalue weighted by molar-refractivity contribution is -0.123. The average molecular weight is 566 g/mol. The Morgan fingerprint density at radius 3 is 2.45 bits per heavy atom. The van der Waals surface area contributed by atoms with Crippen LogP contribution in [0.3, 0.4) is 0 Å². The number of amides is 2. The van der Waals surface area contributed by atoms with Gasteiger partial charge in [-0.25, -0.2) is 4.79 Å². The van der Waals surface area contributed by atoms with Crippen molar-refractivity contribution in [3.63, 3.8) is 0 Å². The molecule has 0 radical (unpaired) electrons. The van der Waals surface area contributed by atoms with Gasteiger partial charge in [0.15, 0.2) is 6.61 Å². The zero-order chi connectivity index (χ0) is 28.0. The van der Waals surface area contributed by atoms with Crippen molar-refractivity contribution in [2.24, 2.45) is 7.05 Å². The first kappa shape index (κ1) is 28.8. The first-order valence-electron chi connectivity index (χ1n) is 11.7. The van der Waals surface area contributed by atoms with E-state index < -0.39 is 17.2 Å². The number of hydrogen-bond acceptors (Lipinski definition) is 7. The van der Waals surface area contributed by atoms with Gasteiger partial charge in [-0.05, 0) is 39.0 Å². The predicted molar refractivity (Wildman–Crippen MR) is 143 cm³/mol. The minimum absolute atomic E-state index is 0.0363. The summed E-state index contributed by atoms with van der Waals surface area (Å²) in [5, 5.41) is 10.4. The Bertz CT molecular complexity index is 1460. The molecule has 1 aromatic carbocycles. The van der Waals surface area contributed by atoms with Gasteiger partial charge in [0.2, 0.25) is 5.91 Å². The van der Waals surface area contributed by atoms with Crippen molar-refractivity contribution in [2.75, 3.05) is 18.6 Å². The number of aromatic nitrogens is 4. The van der Waals surface area contributed by atoms with Gasteiger partial charge in [0, 0.05) is 48.0 Å². The smallest absolute Gasteiger partial charge is 0.350 e. The van der Waals surface area contributed by atoms with Crippen molar-refractivity contribution in [1.29, 1.82) is 0 Å². The van der Waals surface area contributed by atoms with Gasteiger partial charge in [-0.3, -0.25) is 23.6 Å². The molecule has 38 heavy (non-hydrogen) atoms. The number of nitrogens with one attached hydrogen (secondary N) is 3. The molecule has 2 heterocycles. The maximum atomic E-state index is 13.1. The van der Waals surface area contributed by atoms with E-state index >= 15 is 0 Å². The number of ether oxygens (including phenoxy) is 1. The minimum atomic E-state index is -0.712. The lowest BCUT2D eigenvalue weighted by atomic mass is 10.2. The molecule has 3 aromatic rings. The lowest BCUT2D eigenvalue weighted by Gasteiger charge is -2.15. The van der Waals surface area contributed by atoms with Crippen molar-refractivity contribution < 1.29 is 14.3 Å². The highest BCUT2D eigenvalue weighted by molar-refractivity contribution is 6.30. The average Bonchev–Trinajstić information content (AvgIpc) is 3.10. The summed E-state index contributed by atoms with van der Waals surface area (Å²) in [5.41, 5.74) is 3.65. The number of rotatable bonds is 11. The summed E-state index contributed by atoms with van der Waals surface area (Å²) in [4.78, 5) is 50.1. The molecule has 0 aliphatic carbocycles. The summed E-state index contributed by atoms with van der Waals surface area (Å²) in [6, 6.07) is 6.08. The Balaban J connectivity index is 1.72. The molecule has 3 N–H and O–H groups in total. The Hall–Kier alpha value is -3.77. The van der Waals surface area contributed by atoms with Crippen LogP contribution < -0.4 is 32.0 Å². The second kappa shape index (κ2) is 12.7. The number of carbonyl (C=O) groups excluding carboxylic acids is 2. The van der Waals surface area contributed by atoms with Gasteiger partial charge >= 0.3 is 5.69 Å². The van der Waals surface area contributed by atoms with Crippen LogP contribution in [0.15, 0.2) is 33.9 Å². The summed E-state index contributed by atoms with van der Waals surface area (Å²) in [6.07, 6.45) is 0. The largest absolute Gasteiger partial charge is 0.483 e. The molecule has 14 heteroatoms. The van der Waals surface area contributed by atoms with Crippen LogP contribution in [-0.2, 0) is 36.3 Å². The van der Waals surface area contributed by atoms with Gasteiger partial charge in [0.05, 0.1) is 12.2 Å². The number of aryl methyl sites for hydroxylation is 3. The topological polar surface area (TPSA) is 141 Å². The summed E-state index contributed by atoms with van der Waals surface area (Å²) < 4.78 is 9.06. The fourth-order valence-electron chi connectivity index (χ4n) is 3.67. The van der Waals surface area contributed by atoms with Gasteiger partial charge in [0.25, 0.3) is 11.5 Å². The number of nitrogens with zero attached hydrogens (tertiary/aromatic N) is 4. The zero-order valence-corrected chi connectivity index (χ0v) is 22.9. The second-order valence-electron chi connectivity index (χ2n) is 8.41. The van der Waals surface area contributed by atoms with Crippen LogP contribution in [0.2, 0.25) is 10.2 Å². The molecule has 0 saturated heterocycles. The van der Waals surface area contributed by atoms with E-state index in [0.29, 0.717) is 45.0 Å². The third kappa shape index (κ3) is 6.95. The van der Waals surface area contributed by atoms with E-state index in [9.17, 15) is 19.2 Å². The van der Waals surface area contributed by atoms with Gasteiger partial charge in [-0.15, -0.1) is 0 Å². The molecule has 0 unspecified atom stereocenters. The van der Waals surface area contributed by atoms with Gasteiger partial charge in [-0.2, -0.15) is 9.77 Å². The lowest BCUT2D eigenvalue weighted by Crippen LogP contribution is -2.46. The van der Waals surface area contributed by atoms with Gasteiger partial charge < -0.3 is 20.8 Å². The molecule has 0 spiro atoms. The predicted octanol–water partition coefficient (Wildman–Crippen LogP) is 1.24. The third-order valence-corrected chi connectivity index (χ3v) is 6.33. The van der Waals surface area contributed by atoms with Crippen molar-refractivity contribution in [2.45, 2.75) is 40.4 Å². The number of hydrogen-bond donors (Lipinski definition) is 3. The van der Waals surface area contributed by atoms with E-state index in [1.165, 1.54) is 15.3 Å². The molecule has 2 amide bonds. The van der Waals surface area contributed by atoms with Crippen LogP contribution in [0, 0.1) is 13.8 Å². The van der Waals surface area contributed by atoms with Crippen molar-refractivity contribution in [3.8, 4) is 5.75 Å². The van der Waals surface area contributed by atoms with E-state index in [1.54, 1.807) is 46.0 Å². The molecule has 0 atom stereocenters. The van der Waals surface area contributed by atoms with Crippen LogP contribution >= 0.6 is 23.2 Å². The van der Waals surface area contributed by atoms with E-state index in [2.05, 4.69) is 21.2 Å². The van der Waals surface area contributed by atoms with E-state index in [1.807, 2.05) is 0 Å². The van der Waals surface area contributed by atoms with Crippen molar-refractivity contribution >= 4 is 35.0 Å². The van der Waals surface area contributed by atoms with E-state index in [-0.39, 0.29) is 32.1 Å².